The Bertz CT molecular complexity index is 624. The van der Waals surface area contributed by atoms with E-state index in [1.807, 2.05) is 11.5 Å². The monoisotopic (exact) mass is 324 g/mol. The molecular weight excluding hydrogens is 308 g/mol. The lowest BCUT2D eigenvalue weighted by atomic mass is 10.3. The fourth-order valence-electron chi connectivity index (χ4n) is 1.90. The molecule has 0 atom stereocenters. The van der Waals surface area contributed by atoms with Gasteiger partial charge in [-0.05, 0) is 45.0 Å². The Balaban J connectivity index is 1.94. The van der Waals surface area contributed by atoms with Crippen LogP contribution in [0.4, 0.5) is 5.69 Å². The summed E-state index contributed by atoms with van der Waals surface area (Å²) in [5.41, 5.74) is 0.728. The number of hydrogen-bond acceptors (Lipinski definition) is 4. The Hall–Kier alpha value is -1.53. The van der Waals surface area contributed by atoms with Crippen molar-refractivity contribution >= 4 is 35.0 Å². The van der Waals surface area contributed by atoms with E-state index in [0.29, 0.717) is 5.02 Å². The molecule has 0 bridgehead atoms. The summed E-state index contributed by atoms with van der Waals surface area (Å²) >= 11 is 7.18. The zero-order valence-electron chi connectivity index (χ0n) is 12.1. The summed E-state index contributed by atoms with van der Waals surface area (Å²) in [5, 5.41) is 12.4. The maximum absolute atomic E-state index is 11.9. The van der Waals surface area contributed by atoms with E-state index in [1.165, 1.54) is 11.8 Å². The van der Waals surface area contributed by atoms with Gasteiger partial charge in [-0.25, -0.2) is 0 Å². The van der Waals surface area contributed by atoms with Gasteiger partial charge in [-0.3, -0.25) is 4.79 Å². The Morgan fingerprint density at radius 2 is 2.00 bits per heavy atom. The molecule has 0 saturated heterocycles. The first-order valence-electron chi connectivity index (χ1n) is 6.57. The molecule has 0 radical (unpaired) electrons. The standard InChI is InChI=1S/C14H17ClN4OS/c1-9(2)19-10(3)17-18-14(19)21-8-13(20)16-12-6-4-11(15)5-7-12/h4-7,9H,8H2,1-3H3,(H,16,20). The predicted octanol–water partition coefficient (Wildman–Crippen LogP) is 3.55. The lowest BCUT2D eigenvalue weighted by Crippen LogP contribution is -2.15. The lowest BCUT2D eigenvalue weighted by Gasteiger charge is -2.11. The van der Waals surface area contributed by atoms with E-state index in [1.54, 1.807) is 24.3 Å². The highest BCUT2D eigenvalue weighted by Crippen LogP contribution is 2.21. The molecule has 21 heavy (non-hydrogen) atoms. The van der Waals surface area contributed by atoms with Crippen LogP contribution in [0.25, 0.3) is 0 Å². The molecule has 0 aliphatic carbocycles. The van der Waals surface area contributed by atoms with E-state index >= 15 is 0 Å². The van der Waals surface area contributed by atoms with Gasteiger partial charge in [0, 0.05) is 16.8 Å². The molecule has 1 aromatic heterocycles. The van der Waals surface area contributed by atoms with Crippen molar-refractivity contribution in [2.24, 2.45) is 0 Å². The average Bonchev–Trinajstić information content (AvgIpc) is 2.80. The SMILES string of the molecule is Cc1nnc(SCC(=O)Nc2ccc(Cl)cc2)n1C(C)C. The number of nitrogens with one attached hydrogen (secondary N) is 1. The number of nitrogens with zero attached hydrogens (tertiary/aromatic N) is 3. The van der Waals surface area contributed by atoms with Crippen LogP contribution in [-0.2, 0) is 4.79 Å². The highest BCUT2D eigenvalue weighted by atomic mass is 35.5. The van der Waals surface area contributed by atoms with E-state index in [9.17, 15) is 4.79 Å². The summed E-state index contributed by atoms with van der Waals surface area (Å²) in [6.07, 6.45) is 0. The number of halogens is 1. The van der Waals surface area contributed by atoms with Gasteiger partial charge in [-0.15, -0.1) is 10.2 Å². The molecule has 7 heteroatoms. The number of aromatic nitrogens is 3. The third-order valence-electron chi connectivity index (χ3n) is 2.81. The Kier molecular flexibility index (Phi) is 5.25. The van der Waals surface area contributed by atoms with Gasteiger partial charge >= 0.3 is 0 Å². The lowest BCUT2D eigenvalue weighted by molar-refractivity contribution is -0.113. The molecule has 1 N–H and O–H groups in total. The van der Waals surface area contributed by atoms with Crippen molar-refractivity contribution in [2.45, 2.75) is 32.0 Å². The first kappa shape index (κ1) is 15.9. The molecule has 0 unspecified atom stereocenters. The van der Waals surface area contributed by atoms with Crippen LogP contribution in [0.1, 0.15) is 25.7 Å². The number of carbonyl (C=O) groups is 1. The number of thioether (sulfide) groups is 1. The molecule has 0 spiro atoms. The molecular formula is C14H17ClN4OS. The van der Waals surface area contributed by atoms with Gasteiger partial charge in [0.1, 0.15) is 5.82 Å². The van der Waals surface area contributed by atoms with Gasteiger partial charge in [-0.2, -0.15) is 0 Å². The summed E-state index contributed by atoms with van der Waals surface area (Å²) in [5.74, 6) is 1.05. The zero-order chi connectivity index (χ0) is 15.4. The van der Waals surface area contributed by atoms with Crippen LogP contribution < -0.4 is 5.32 Å². The van der Waals surface area contributed by atoms with Crippen LogP contribution in [0.5, 0.6) is 0 Å². The minimum Gasteiger partial charge on any atom is -0.325 e. The summed E-state index contributed by atoms with van der Waals surface area (Å²) < 4.78 is 2.01. The fraction of sp³-hybridized carbons (Fsp3) is 0.357. The van der Waals surface area contributed by atoms with Crippen LogP contribution >= 0.6 is 23.4 Å². The van der Waals surface area contributed by atoms with Crippen molar-refractivity contribution in [3.05, 3.63) is 35.1 Å². The van der Waals surface area contributed by atoms with Crippen molar-refractivity contribution in [3.8, 4) is 0 Å². The number of rotatable bonds is 5. The fourth-order valence-corrected chi connectivity index (χ4v) is 2.94. The maximum atomic E-state index is 11.9. The van der Waals surface area contributed by atoms with E-state index in [2.05, 4.69) is 29.4 Å². The van der Waals surface area contributed by atoms with Crippen LogP contribution in [0.15, 0.2) is 29.4 Å². The van der Waals surface area contributed by atoms with E-state index in [4.69, 9.17) is 11.6 Å². The van der Waals surface area contributed by atoms with Crippen LogP contribution in [-0.4, -0.2) is 26.4 Å². The Labute approximate surface area is 133 Å². The van der Waals surface area contributed by atoms with Gasteiger partial charge in [0.15, 0.2) is 5.16 Å². The van der Waals surface area contributed by atoms with Crippen molar-refractivity contribution in [2.75, 3.05) is 11.1 Å². The van der Waals surface area contributed by atoms with Crippen molar-refractivity contribution in [3.63, 3.8) is 0 Å². The van der Waals surface area contributed by atoms with Crippen molar-refractivity contribution in [1.82, 2.24) is 14.8 Å². The van der Waals surface area contributed by atoms with Gasteiger partial charge in [-0.1, -0.05) is 23.4 Å². The first-order valence-corrected chi connectivity index (χ1v) is 7.93. The third kappa shape index (κ3) is 4.22. The average molecular weight is 325 g/mol. The second-order valence-corrected chi connectivity index (χ2v) is 6.22. The molecule has 1 aromatic carbocycles. The second kappa shape index (κ2) is 6.95. The van der Waals surface area contributed by atoms with E-state index in [0.717, 1.165) is 16.7 Å². The quantitative estimate of drug-likeness (QED) is 0.854. The van der Waals surface area contributed by atoms with Crippen LogP contribution in [0.2, 0.25) is 5.02 Å². The van der Waals surface area contributed by atoms with Gasteiger partial charge in [0.2, 0.25) is 5.91 Å². The normalized spacial score (nSPS) is 10.9. The predicted molar refractivity (Wildman–Crippen MR) is 85.9 cm³/mol. The maximum Gasteiger partial charge on any atom is 0.234 e. The zero-order valence-corrected chi connectivity index (χ0v) is 13.7. The Morgan fingerprint density at radius 3 is 2.62 bits per heavy atom. The topological polar surface area (TPSA) is 59.8 Å². The summed E-state index contributed by atoms with van der Waals surface area (Å²) in [6, 6.07) is 7.28. The molecule has 0 aliphatic heterocycles. The highest BCUT2D eigenvalue weighted by Gasteiger charge is 2.13. The number of anilines is 1. The molecule has 1 amide bonds. The molecule has 2 rings (SSSR count). The second-order valence-electron chi connectivity index (χ2n) is 4.84. The first-order chi connectivity index (χ1) is 9.97. The van der Waals surface area contributed by atoms with Gasteiger partial charge in [0.25, 0.3) is 0 Å². The number of carbonyl (C=O) groups excluding carboxylic acids is 1. The minimum absolute atomic E-state index is 0.0849. The Morgan fingerprint density at radius 1 is 1.33 bits per heavy atom. The molecule has 0 saturated carbocycles. The smallest absolute Gasteiger partial charge is 0.234 e. The number of aryl methyl sites for hydroxylation is 1. The number of hydrogen-bond donors (Lipinski definition) is 1. The summed E-state index contributed by atoms with van der Waals surface area (Å²) in [4.78, 5) is 11.9. The van der Waals surface area contributed by atoms with E-state index in [-0.39, 0.29) is 17.7 Å². The van der Waals surface area contributed by atoms with Gasteiger partial charge in [0.05, 0.1) is 5.75 Å². The molecule has 112 valence electrons. The minimum atomic E-state index is -0.0849. The van der Waals surface area contributed by atoms with Crippen LogP contribution in [0.3, 0.4) is 0 Å². The number of benzene rings is 1. The molecule has 0 fully saturated rings. The van der Waals surface area contributed by atoms with Crippen molar-refractivity contribution < 1.29 is 4.79 Å². The van der Waals surface area contributed by atoms with Crippen LogP contribution in [0, 0.1) is 6.92 Å². The van der Waals surface area contributed by atoms with Gasteiger partial charge < -0.3 is 9.88 Å². The summed E-state index contributed by atoms with van der Waals surface area (Å²) in [6.45, 7) is 6.03. The third-order valence-corrected chi connectivity index (χ3v) is 4.01. The number of amides is 1. The highest BCUT2D eigenvalue weighted by molar-refractivity contribution is 7.99. The molecule has 0 aliphatic rings. The van der Waals surface area contributed by atoms with Crippen molar-refractivity contribution in [1.29, 1.82) is 0 Å². The summed E-state index contributed by atoms with van der Waals surface area (Å²) in [7, 11) is 0. The molecule has 1 heterocycles. The largest absolute Gasteiger partial charge is 0.325 e. The van der Waals surface area contributed by atoms with E-state index < -0.39 is 0 Å². The molecule has 2 aromatic rings. The molecule has 5 nitrogen and oxygen atoms in total.